The molecule has 6 heteroatoms. The SMILES string of the molecule is COC(=O)c1ccc(COc2cccc(C(N=[N+]=[N-])c3ccccc3)c2)cc1. The van der Waals surface area contributed by atoms with Crippen LogP contribution in [0.25, 0.3) is 10.4 Å². The largest absolute Gasteiger partial charge is 0.489 e. The summed E-state index contributed by atoms with van der Waals surface area (Å²) >= 11 is 0. The van der Waals surface area contributed by atoms with Crippen molar-refractivity contribution in [2.45, 2.75) is 12.6 Å². The Morgan fingerprint density at radius 3 is 2.39 bits per heavy atom. The molecule has 3 aromatic carbocycles. The Labute approximate surface area is 163 Å². The van der Waals surface area contributed by atoms with Crippen molar-refractivity contribution in [3.05, 3.63) is 112 Å². The van der Waals surface area contributed by atoms with Crippen LogP contribution >= 0.6 is 0 Å². The van der Waals surface area contributed by atoms with Gasteiger partial charge in [-0.2, -0.15) is 0 Å². The van der Waals surface area contributed by atoms with Crippen LogP contribution in [-0.4, -0.2) is 13.1 Å². The summed E-state index contributed by atoms with van der Waals surface area (Å²) in [6.07, 6.45) is 0. The van der Waals surface area contributed by atoms with Crippen LogP contribution in [0, 0.1) is 0 Å². The fourth-order valence-electron chi connectivity index (χ4n) is 2.81. The molecule has 0 saturated heterocycles. The lowest BCUT2D eigenvalue weighted by atomic mass is 9.99. The van der Waals surface area contributed by atoms with E-state index < -0.39 is 6.04 Å². The second-order valence-electron chi connectivity index (χ2n) is 6.07. The van der Waals surface area contributed by atoms with Crippen LogP contribution in [0.15, 0.2) is 84.0 Å². The van der Waals surface area contributed by atoms with Gasteiger partial charge in [-0.1, -0.05) is 59.7 Å². The predicted molar refractivity (Wildman–Crippen MR) is 106 cm³/mol. The fourth-order valence-corrected chi connectivity index (χ4v) is 2.81. The molecule has 1 atom stereocenters. The van der Waals surface area contributed by atoms with E-state index in [9.17, 15) is 4.79 Å². The highest BCUT2D eigenvalue weighted by atomic mass is 16.5. The van der Waals surface area contributed by atoms with Crippen molar-refractivity contribution < 1.29 is 14.3 Å². The van der Waals surface area contributed by atoms with Gasteiger partial charge in [0.1, 0.15) is 12.4 Å². The van der Waals surface area contributed by atoms with Gasteiger partial charge in [0, 0.05) is 4.91 Å². The maximum absolute atomic E-state index is 11.5. The molecule has 0 aliphatic rings. The van der Waals surface area contributed by atoms with Gasteiger partial charge in [0.05, 0.1) is 18.7 Å². The molecule has 3 rings (SSSR count). The Hall–Kier alpha value is -3.76. The van der Waals surface area contributed by atoms with Crippen LogP contribution in [0.5, 0.6) is 5.75 Å². The summed E-state index contributed by atoms with van der Waals surface area (Å²) in [5.41, 5.74) is 12.1. The molecule has 0 amide bonds. The van der Waals surface area contributed by atoms with E-state index >= 15 is 0 Å². The van der Waals surface area contributed by atoms with Gasteiger partial charge in [-0.25, -0.2) is 4.79 Å². The van der Waals surface area contributed by atoms with Gasteiger partial charge in [-0.3, -0.25) is 0 Å². The van der Waals surface area contributed by atoms with E-state index in [0.717, 1.165) is 16.7 Å². The fraction of sp³-hybridized carbons (Fsp3) is 0.136. The number of esters is 1. The number of rotatable bonds is 7. The predicted octanol–water partition coefficient (Wildman–Crippen LogP) is 5.45. The Morgan fingerprint density at radius 2 is 1.71 bits per heavy atom. The number of methoxy groups -OCH3 is 1. The van der Waals surface area contributed by atoms with E-state index in [-0.39, 0.29) is 5.97 Å². The molecule has 0 bridgehead atoms. The lowest BCUT2D eigenvalue weighted by Crippen LogP contribution is -2.02. The van der Waals surface area contributed by atoms with Gasteiger partial charge in [0.15, 0.2) is 0 Å². The maximum Gasteiger partial charge on any atom is 0.337 e. The summed E-state index contributed by atoms with van der Waals surface area (Å²) in [5, 5.41) is 3.94. The van der Waals surface area contributed by atoms with Crippen LogP contribution in [0.3, 0.4) is 0 Å². The van der Waals surface area contributed by atoms with E-state index in [2.05, 4.69) is 10.0 Å². The molecule has 0 aromatic heterocycles. The normalized spacial score (nSPS) is 11.2. The topological polar surface area (TPSA) is 84.3 Å². The Balaban J connectivity index is 1.74. The van der Waals surface area contributed by atoms with Crippen LogP contribution in [0.2, 0.25) is 0 Å². The monoisotopic (exact) mass is 373 g/mol. The number of benzene rings is 3. The minimum atomic E-state index is -0.422. The van der Waals surface area contributed by atoms with Gasteiger partial charge in [0.2, 0.25) is 0 Å². The third-order valence-electron chi connectivity index (χ3n) is 4.24. The minimum absolute atomic E-state index is 0.350. The van der Waals surface area contributed by atoms with Crippen molar-refractivity contribution in [3.8, 4) is 5.75 Å². The second kappa shape index (κ2) is 9.26. The molecule has 0 aliphatic heterocycles. The first-order valence-electron chi connectivity index (χ1n) is 8.70. The van der Waals surface area contributed by atoms with Gasteiger partial charge < -0.3 is 9.47 Å². The van der Waals surface area contributed by atoms with Crippen LogP contribution in [-0.2, 0) is 11.3 Å². The van der Waals surface area contributed by atoms with E-state index in [4.69, 9.17) is 15.0 Å². The lowest BCUT2D eigenvalue weighted by Gasteiger charge is -2.14. The molecular formula is C22H19N3O3. The third-order valence-corrected chi connectivity index (χ3v) is 4.24. The summed E-state index contributed by atoms with van der Waals surface area (Å²) in [5.74, 6) is 0.300. The highest BCUT2D eigenvalue weighted by molar-refractivity contribution is 5.89. The van der Waals surface area contributed by atoms with Crippen molar-refractivity contribution >= 4 is 5.97 Å². The third kappa shape index (κ3) is 4.69. The Kier molecular flexibility index (Phi) is 6.29. The number of hydrogen-bond donors (Lipinski definition) is 0. The summed E-state index contributed by atoms with van der Waals surface area (Å²) in [4.78, 5) is 14.5. The van der Waals surface area contributed by atoms with Crippen molar-refractivity contribution in [1.29, 1.82) is 0 Å². The Bertz CT molecular complexity index is 981. The summed E-state index contributed by atoms with van der Waals surface area (Å²) in [6, 6.07) is 23.7. The number of carbonyl (C=O) groups excluding carboxylic acids is 1. The van der Waals surface area contributed by atoms with E-state index in [1.807, 2.05) is 66.7 Å². The second-order valence-corrected chi connectivity index (χ2v) is 6.07. The average Bonchev–Trinajstić information content (AvgIpc) is 2.76. The number of carbonyl (C=O) groups is 1. The van der Waals surface area contributed by atoms with E-state index in [1.165, 1.54) is 7.11 Å². The molecule has 0 heterocycles. The van der Waals surface area contributed by atoms with Crippen molar-refractivity contribution in [1.82, 2.24) is 0 Å². The molecule has 6 nitrogen and oxygen atoms in total. The zero-order chi connectivity index (χ0) is 19.8. The van der Waals surface area contributed by atoms with Crippen molar-refractivity contribution in [2.75, 3.05) is 7.11 Å². The average molecular weight is 373 g/mol. The number of ether oxygens (including phenoxy) is 2. The first kappa shape index (κ1) is 19.0. The number of nitrogens with zero attached hydrogens (tertiary/aromatic N) is 3. The molecule has 1 unspecified atom stereocenters. The molecule has 3 aromatic rings. The molecule has 0 radical (unpaired) electrons. The van der Waals surface area contributed by atoms with Crippen LogP contribution < -0.4 is 4.74 Å². The van der Waals surface area contributed by atoms with Crippen molar-refractivity contribution in [2.24, 2.45) is 5.11 Å². The molecular weight excluding hydrogens is 354 g/mol. The molecule has 0 N–H and O–H groups in total. The lowest BCUT2D eigenvalue weighted by molar-refractivity contribution is 0.0600. The van der Waals surface area contributed by atoms with Gasteiger partial charge in [-0.15, -0.1) is 0 Å². The number of hydrogen-bond acceptors (Lipinski definition) is 4. The minimum Gasteiger partial charge on any atom is -0.489 e. The quantitative estimate of drug-likeness (QED) is 0.239. The first-order valence-corrected chi connectivity index (χ1v) is 8.70. The molecule has 0 saturated carbocycles. The standard InChI is InChI=1S/C22H19N3O3/c1-27-22(26)18-12-10-16(11-13-18)15-28-20-9-5-8-19(14-20)21(24-25-23)17-6-3-2-4-7-17/h2-14,21H,15H2,1H3. The molecule has 28 heavy (non-hydrogen) atoms. The molecule has 0 fully saturated rings. The zero-order valence-corrected chi connectivity index (χ0v) is 15.4. The van der Waals surface area contributed by atoms with Gasteiger partial charge in [-0.05, 0) is 46.5 Å². The smallest absolute Gasteiger partial charge is 0.337 e. The van der Waals surface area contributed by atoms with Gasteiger partial charge >= 0.3 is 5.97 Å². The molecule has 0 aliphatic carbocycles. The van der Waals surface area contributed by atoms with Crippen LogP contribution in [0.1, 0.15) is 33.1 Å². The molecule has 0 spiro atoms. The van der Waals surface area contributed by atoms with Gasteiger partial charge in [0.25, 0.3) is 0 Å². The van der Waals surface area contributed by atoms with Crippen molar-refractivity contribution in [3.63, 3.8) is 0 Å². The van der Waals surface area contributed by atoms with E-state index in [0.29, 0.717) is 17.9 Å². The first-order chi connectivity index (χ1) is 13.7. The summed E-state index contributed by atoms with van der Waals surface area (Å²) in [7, 11) is 1.35. The highest BCUT2D eigenvalue weighted by Crippen LogP contribution is 2.29. The number of azide groups is 1. The summed E-state index contributed by atoms with van der Waals surface area (Å²) in [6.45, 7) is 0.350. The highest BCUT2D eigenvalue weighted by Gasteiger charge is 2.13. The maximum atomic E-state index is 11.5. The summed E-state index contributed by atoms with van der Waals surface area (Å²) < 4.78 is 10.6. The van der Waals surface area contributed by atoms with E-state index in [1.54, 1.807) is 12.1 Å². The Morgan fingerprint density at radius 1 is 1.00 bits per heavy atom. The molecule has 140 valence electrons. The zero-order valence-electron chi connectivity index (χ0n) is 15.4. The van der Waals surface area contributed by atoms with Crippen LogP contribution in [0.4, 0.5) is 0 Å².